The molecule has 6 nitrogen and oxygen atoms in total. The van der Waals surface area contributed by atoms with E-state index >= 15 is 0 Å². The molecule has 18 heavy (non-hydrogen) atoms. The number of esters is 1. The number of nitrogens with zero attached hydrogens (tertiary/aromatic N) is 2. The van der Waals surface area contributed by atoms with Crippen LogP contribution in [0.15, 0.2) is 24.3 Å². The van der Waals surface area contributed by atoms with E-state index in [1.807, 2.05) is 19.0 Å². The lowest BCUT2D eigenvalue weighted by Gasteiger charge is -2.09. The first kappa shape index (κ1) is 16.3. The predicted octanol–water partition coefficient (Wildman–Crippen LogP) is 1.73. The Labute approximate surface area is 111 Å². The van der Waals surface area contributed by atoms with Gasteiger partial charge in [-0.3, -0.25) is 10.1 Å². The fourth-order valence-corrected chi connectivity index (χ4v) is 1.12. The van der Waals surface area contributed by atoms with Crippen LogP contribution >= 0.6 is 12.4 Å². The molecule has 0 aliphatic carbocycles. The van der Waals surface area contributed by atoms with Crippen molar-refractivity contribution in [2.75, 3.05) is 27.2 Å². The molecule has 0 heterocycles. The van der Waals surface area contributed by atoms with E-state index in [4.69, 9.17) is 4.74 Å². The zero-order valence-electron chi connectivity index (χ0n) is 10.2. The average Bonchev–Trinajstić information content (AvgIpc) is 2.28. The van der Waals surface area contributed by atoms with Crippen molar-refractivity contribution in [3.8, 4) is 0 Å². The molecule has 0 bridgehead atoms. The van der Waals surface area contributed by atoms with Gasteiger partial charge in [0.2, 0.25) is 0 Å². The lowest BCUT2D eigenvalue weighted by atomic mass is 10.2. The summed E-state index contributed by atoms with van der Waals surface area (Å²) in [7, 11) is 3.75. The summed E-state index contributed by atoms with van der Waals surface area (Å²) in [5, 5.41) is 10.4. The highest BCUT2D eigenvalue weighted by molar-refractivity contribution is 5.89. The second-order valence-electron chi connectivity index (χ2n) is 3.74. The molecule has 100 valence electrons. The van der Waals surface area contributed by atoms with E-state index in [2.05, 4.69) is 0 Å². The second kappa shape index (κ2) is 7.62. The Bertz CT molecular complexity index is 406. The minimum atomic E-state index is -0.513. The van der Waals surface area contributed by atoms with Crippen molar-refractivity contribution in [3.63, 3.8) is 0 Å². The van der Waals surface area contributed by atoms with Crippen molar-refractivity contribution in [2.24, 2.45) is 0 Å². The highest BCUT2D eigenvalue weighted by Gasteiger charge is 2.10. The normalized spacial score (nSPS) is 9.72. The fourth-order valence-electron chi connectivity index (χ4n) is 1.12. The molecule has 0 saturated heterocycles. The molecule has 0 spiro atoms. The number of nitro benzene ring substituents is 1. The standard InChI is InChI=1S/C11H14N2O4.ClH/c1-12(2)7-8-17-11(14)9-3-5-10(6-4-9)13(15)16;/h3-6H,7-8H2,1-2H3;1H. The van der Waals surface area contributed by atoms with Crippen molar-refractivity contribution in [1.29, 1.82) is 0 Å². The van der Waals surface area contributed by atoms with Crippen LogP contribution in [0.5, 0.6) is 0 Å². The first-order chi connectivity index (χ1) is 8.00. The quantitative estimate of drug-likeness (QED) is 0.464. The average molecular weight is 275 g/mol. The number of likely N-dealkylation sites (N-methyl/N-ethyl adjacent to an activating group) is 1. The van der Waals surface area contributed by atoms with E-state index in [1.54, 1.807) is 0 Å². The van der Waals surface area contributed by atoms with Gasteiger partial charge >= 0.3 is 5.97 Å². The van der Waals surface area contributed by atoms with Crippen LogP contribution in [0.2, 0.25) is 0 Å². The SMILES string of the molecule is CN(C)CCOC(=O)c1ccc([N+](=O)[O-])cc1.Cl. The number of rotatable bonds is 5. The van der Waals surface area contributed by atoms with Gasteiger partial charge in [-0.1, -0.05) is 0 Å². The lowest BCUT2D eigenvalue weighted by molar-refractivity contribution is -0.384. The molecule has 1 rings (SSSR count). The molecule has 0 saturated carbocycles. The smallest absolute Gasteiger partial charge is 0.338 e. The maximum Gasteiger partial charge on any atom is 0.338 e. The molecule has 0 radical (unpaired) electrons. The van der Waals surface area contributed by atoms with Crippen LogP contribution < -0.4 is 0 Å². The van der Waals surface area contributed by atoms with Crippen LogP contribution in [0.25, 0.3) is 0 Å². The molecule has 0 amide bonds. The molecule has 0 fully saturated rings. The summed E-state index contributed by atoms with van der Waals surface area (Å²) in [5.74, 6) is -0.471. The Morgan fingerprint density at radius 1 is 1.33 bits per heavy atom. The number of nitro groups is 1. The molecule has 0 aliphatic rings. The largest absolute Gasteiger partial charge is 0.461 e. The van der Waals surface area contributed by atoms with Crippen LogP contribution in [0.1, 0.15) is 10.4 Å². The first-order valence-electron chi connectivity index (χ1n) is 5.07. The molecule has 7 heteroatoms. The monoisotopic (exact) mass is 274 g/mol. The number of ether oxygens (including phenoxy) is 1. The summed E-state index contributed by atoms with van der Waals surface area (Å²) in [5.41, 5.74) is 0.268. The summed E-state index contributed by atoms with van der Waals surface area (Å²) in [6.07, 6.45) is 0. The van der Waals surface area contributed by atoms with Gasteiger partial charge in [0.1, 0.15) is 6.61 Å². The zero-order valence-corrected chi connectivity index (χ0v) is 11.0. The highest BCUT2D eigenvalue weighted by atomic mass is 35.5. The zero-order chi connectivity index (χ0) is 12.8. The summed E-state index contributed by atoms with van der Waals surface area (Å²) in [6, 6.07) is 5.33. The van der Waals surface area contributed by atoms with Gasteiger partial charge in [0.05, 0.1) is 10.5 Å². The van der Waals surface area contributed by atoms with E-state index in [9.17, 15) is 14.9 Å². The van der Waals surface area contributed by atoms with E-state index in [1.165, 1.54) is 24.3 Å². The van der Waals surface area contributed by atoms with Crippen LogP contribution in [-0.4, -0.2) is 43.0 Å². The number of carbonyl (C=O) groups excluding carboxylic acids is 1. The molecule has 0 unspecified atom stereocenters. The number of carbonyl (C=O) groups is 1. The van der Waals surface area contributed by atoms with Gasteiger partial charge in [-0.15, -0.1) is 12.4 Å². The number of hydrogen-bond donors (Lipinski definition) is 0. The van der Waals surface area contributed by atoms with Crippen molar-refractivity contribution < 1.29 is 14.5 Å². The second-order valence-corrected chi connectivity index (χ2v) is 3.74. The Morgan fingerprint density at radius 3 is 2.33 bits per heavy atom. The van der Waals surface area contributed by atoms with E-state index in [-0.39, 0.29) is 18.1 Å². The third kappa shape index (κ3) is 5.11. The Morgan fingerprint density at radius 2 is 1.89 bits per heavy atom. The topological polar surface area (TPSA) is 72.7 Å². The predicted molar refractivity (Wildman–Crippen MR) is 69.2 cm³/mol. The molecular weight excluding hydrogens is 260 g/mol. The third-order valence-electron chi connectivity index (χ3n) is 2.09. The van der Waals surface area contributed by atoms with Crippen molar-refractivity contribution in [2.45, 2.75) is 0 Å². The van der Waals surface area contributed by atoms with Crippen LogP contribution in [0.3, 0.4) is 0 Å². The van der Waals surface area contributed by atoms with Crippen molar-refractivity contribution in [3.05, 3.63) is 39.9 Å². The molecule has 1 aromatic rings. The molecular formula is C11H15ClN2O4. The summed E-state index contributed by atoms with van der Waals surface area (Å²) >= 11 is 0. The molecule has 0 aliphatic heterocycles. The van der Waals surface area contributed by atoms with Crippen molar-refractivity contribution in [1.82, 2.24) is 4.90 Å². The van der Waals surface area contributed by atoms with Gasteiger partial charge in [-0.2, -0.15) is 0 Å². The van der Waals surface area contributed by atoms with Gasteiger partial charge < -0.3 is 9.64 Å². The van der Waals surface area contributed by atoms with Crippen LogP contribution in [0.4, 0.5) is 5.69 Å². The first-order valence-corrected chi connectivity index (χ1v) is 5.07. The van der Waals surface area contributed by atoms with Crippen LogP contribution in [-0.2, 0) is 4.74 Å². The number of non-ortho nitro benzene ring substituents is 1. The summed E-state index contributed by atoms with van der Waals surface area (Å²) < 4.78 is 4.99. The van der Waals surface area contributed by atoms with Gasteiger partial charge in [0.25, 0.3) is 5.69 Å². The van der Waals surface area contributed by atoms with Gasteiger partial charge in [0, 0.05) is 18.7 Å². The van der Waals surface area contributed by atoms with Crippen molar-refractivity contribution >= 4 is 24.1 Å². The minimum Gasteiger partial charge on any atom is -0.461 e. The maximum atomic E-state index is 11.5. The summed E-state index contributed by atoms with van der Waals surface area (Å²) in [6.45, 7) is 0.932. The van der Waals surface area contributed by atoms with E-state index in [0.717, 1.165) is 0 Å². The highest BCUT2D eigenvalue weighted by Crippen LogP contribution is 2.12. The third-order valence-corrected chi connectivity index (χ3v) is 2.09. The maximum absolute atomic E-state index is 11.5. The van der Waals surface area contributed by atoms with Gasteiger partial charge in [-0.25, -0.2) is 4.79 Å². The molecule has 0 aromatic heterocycles. The molecule has 0 N–H and O–H groups in total. The summed E-state index contributed by atoms with van der Waals surface area (Å²) in [4.78, 5) is 23.3. The Balaban J connectivity index is 0.00000289. The lowest BCUT2D eigenvalue weighted by Crippen LogP contribution is -2.20. The Kier molecular flexibility index (Phi) is 6.92. The fraction of sp³-hybridized carbons (Fsp3) is 0.364. The molecule has 0 atom stereocenters. The van der Waals surface area contributed by atoms with Gasteiger partial charge in [0.15, 0.2) is 0 Å². The molecule has 1 aromatic carbocycles. The van der Waals surface area contributed by atoms with E-state index < -0.39 is 10.9 Å². The number of benzene rings is 1. The number of halogens is 1. The number of hydrogen-bond acceptors (Lipinski definition) is 5. The van der Waals surface area contributed by atoms with E-state index in [0.29, 0.717) is 18.7 Å². The van der Waals surface area contributed by atoms with Crippen LogP contribution in [0, 0.1) is 10.1 Å². The Hall–Kier alpha value is -1.66. The minimum absolute atomic E-state index is 0. The van der Waals surface area contributed by atoms with Gasteiger partial charge in [-0.05, 0) is 26.2 Å².